The number of aryl methyl sites for hydroxylation is 2. The first-order valence-corrected chi connectivity index (χ1v) is 4.02. The highest BCUT2D eigenvalue weighted by Crippen LogP contribution is 2.31. The summed E-state index contributed by atoms with van der Waals surface area (Å²) in [6.45, 7) is 1.55. The molecule has 1 rings (SSSR count). The maximum atomic E-state index is 12.3. The van der Waals surface area contributed by atoms with Gasteiger partial charge in [-0.2, -0.15) is 5.10 Å². The van der Waals surface area contributed by atoms with Crippen molar-refractivity contribution in [2.45, 2.75) is 19.5 Å². The molecule has 4 nitrogen and oxygen atoms in total. The van der Waals surface area contributed by atoms with E-state index in [9.17, 15) is 13.9 Å². The number of hydrogen-bond donors (Lipinski definition) is 1. The van der Waals surface area contributed by atoms with E-state index in [-0.39, 0.29) is 11.4 Å². The van der Waals surface area contributed by atoms with E-state index >= 15 is 0 Å². The molecule has 1 aromatic heterocycles. The third kappa shape index (κ3) is 1.70. The molecule has 0 aliphatic rings. The highest BCUT2D eigenvalue weighted by molar-refractivity contribution is 5.33. The molecule has 0 spiro atoms. The lowest BCUT2D eigenvalue weighted by molar-refractivity contribution is -0.00744. The third-order valence-electron chi connectivity index (χ3n) is 1.94. The predicted octanol–water partition coefficient (Wildman–Crippen LogP) is 1.04. The van der Waals surface area contributed by atoms with E-state index in [2.05, 4.69) is 5.10 Å². The standard InChI is InChI=1S/C8H12F2N2O2/c1-4-5(6(13)7(9)10)8(14-3)12(2)11-4/h6-7,13H,1-3H3. The Morgan fingerprint density at radius 2 is 2.07 bits per heavy atom. The molecule has 1 aromatic rings. The maximum Gasteiger partial charge on any atom is 0.268 e. The van der Waals surface area contributed by atoms with Crippen LogP contribution in [0, 0.1) is 6.92 Å². The van der Waals surface area contributed by atoms with Gasteiger partial charge in [-0.25, -0.2) is 13.5 Å². The topological polar surface area (TPSA) is 47.3 Å². The Balaban J connectivity index is 3.17. The summed E-state index contributed by atoms with van der Waals surface area (Å²) in [5.41, 5.74) is 0.391. The van der Waals surface area contributed by atoms with Gasteiger partial charge in [-0.05, 0) is 6.92 Å². The van der Waals surface area contributed by atoms with Crippen LogP contribution in [0.15, 0.2) is 0 Å². The summed E-state index contributed by atoms with van der Waals surface area (Å²) in [5.74, 6) is 0.162. The average molecular weight is 206 g/mol. The van der Waals surface area contributed by atoms with Crippen molar-refractivity contribution in [2.24, 2.45) is 7.05 Å². The molecule has 14 heavy (non-hydrogen) atoms. The van der Waals surface area contributed by atoms with Crippen molar-refractivity contribution in [3.05, 3.63) is 11.3 Å². The van der Waals surface area contributed by atoms with Gasteiger partial charge in [0, 0.05) is 7.05 Å². The molecule has 1 N–H and O–H groups in total. The van der Waals surface area contributed by atoms with Gasteiger partial charge in [0.25, 0.3) is 6.43 Å². The van der Waals surface area contributed by atoms with Crippen molar-refractivity contribution in [2.75, 3.05) is 7.11 Å². The number of nitrogens with zero attached hydrogens (tertiary/aromatic N) is 2. The second-order valence-corrected chi connectivity index (χ2v) is 2.91. The van der Waals surface area contributed by atoms with Crippen molar-refractivity contribution >= 4 is 0 Å². The van der Waals surface area contributed by atoms with Gasteiger partial charge in [-0.15, -0.1) is 0 Å². The zero-order valence-corrected chi connectivity index (χ0v) is 8.16. The average Bonchev–Trinajstić information content (AvgIpc) is 2.38. The fraction of sp³-hybridized carbons (Fsp3) is 0.625. The summed E-state index contributed by atoms with van der Waals surface area (Å²) >= 11 is 0. The summed E-state index contributed by atoms with van der Waals surface area (Å²) in [6, 6.07) is 0. The number of hydrogen-bond acceptors (Lipinski definition) is 3. The summed E-state index contributed by atoms with van der Waals surface area (Å²) in [6.07, 6.45) is -4.69. The van der Waals surface area contributed by atoms with E-state index in [4.69, 9.17) is 4.74 Å². The number of methoxy groups -OCH3 is 1. The second-order valence-electron chi connectivity index (χ2n) is 2.91. The molecule has 1 heterocycles. The van der Waals surface area contributed by atoms with Gasteiger partial charge in [0.2, 0.25) is 5.88 Å². The highest BCUT2D eigenvalue weighted by Gasteiger charge is 2.28. The quantitative estimate of drug-likeness (QED) is 0.803. The van der Waals surface area contributed by atoms with Gasteiger partial charge >= 0.3 is 0 Å². The molecule has 0 saturated heterocycles. The Morgan fingerprint density at radius 1 is 1.50 bits per heavy atom. The highest BCUT2D eigenvalue weighted by atomic mass is 19.3. The lowest BCUT2D eigenvalue weighted by Gasteiger charge is -2.10. The van der Waals surface area contributed by atoms with E-state index in [1.54, 1.807) is 14.0 Å². The lowest BCUT2D eigenvalue weighted by atomic mass is 10.1. The Hall–Kier alpha value is -1.17. The van der Waals surface area contributed by atoms with Crippen LogP contribution in [0.25, 0.3) is 0 Å². The molecule has 1 atom stereocenters. The van der Waals surface area contributed by atoms with Crippen LogP contribution in [0.1, 0.15) is 17.4 Å². The maximum absolute atomic E-state index is 12.3. The Labute approximate surface area is 80.1 Å². The molecule has 0 amide bonds. The fourth-order valence-corrected chi connectivity index (χ4v) is 1.36. The molecule has 6 heteroatoms. The minimum absolute atomic E-state index is 0.0463. The number of aromatic nitrogens is 2. The van der Waals surface area contributed by atoms with Gasteiger partial charge in [0.15, 0.2) is 0 Å². The number of halogens is 2. The monoisotopic (exact) mass is 206 g/mol. The van der Waals surface area contributed by atoms with E-state index in [0.29, 0.717) is 5.69 Å². The molecular formula is C8H12F2N2O2. The first kappa shape index (κ1) is 10.9. The Bertz CT molecular complexity index is 325. The second kappa shape index (κ2) is 3.91. The number of ether oxygens (including phenoxy) is 1. The molecule has 0 fully saturated rings. The van der Waals surface area contributed by atoms with Crippen LogP contribution in [0.5, 0.6) is 5.88 Å². The number of aliphatic hydroxyl groups excluding tert-OH is 1. The molecule has 0 aliphatic carbocycles. The van der Waals surface area contributed by atoms with E-state index in [0.717, 1.165) is 0 Å². The summed E-state index contributed by atoms with van der Waals surface area (Å²) in [4.78, 5) is 0. The first-order chi connectivity index (χ1) is 6.49. The largest absolute Gasteiger partial charge is 0.481 e. The van der Waals surface area contributed by atoms with Crippen molar-refractivity contribution in [3.63, 3.8) is 0 Å². The molecule has 0 saturated carbocycles. The smallest absolute Gasteiger partial charge is 0.268 e. The SMILES string of the molecule is COc1c(C(O)C(F)F)c(C)nn1C. The van der Waals surface area contributed by atoms with Crippen LogP contribution < -0.4 is 4.74 Å². The minimum atomic E-state index is -2.84. The lowest BCUT2D eigenvalue weighted by Crippen LogP contribution is -2.10. The molecule has 0 aliphatic heterocycles. The predicted molar refractivity (Wildman–Crippen MR) is 45.5 cm³/mol. The zero-order valence-electron chi connectivity index (χ0n) is 8.16. The number of alkyl halides is 2. The van der Waals surface area contributed by atoms with E-state index in [1.165, 1.54) is 11.8 Å². The normalized spacial score (nSPS) is 13.4. The molecule has 0 radical (unpaired) electrons. The summed E-state index contributed by atoms with van der Waals surface area (Å²) in [7, 11) is 2.91. The van der Waals surface area contributed by atoms with Crippen molar-refractivity contribution in [3.8, 4) is 5.88 Å². The molecule has 0 bridgehead atoms. The van der Waals surface area contributed by atoms with Crippen molar-refractivity contribution in [1.29, 1.82) is 0 Å². The number of aliphatic hydroxyl groups is 1. The first-order valence-electron chi connectivity index (χ1n) is 4.02. The summed E-state index contributed by atoms with van der Waals surface area (Å²) in [5, 5.41) is 13.1. The van der Waals surface area contributed by atoms with Gasteiger partial charge < -0.3 is 9.84 Å². The van der Waals surface area contributed by atoms with Crippen LogP contribution in [0.2, 0.25) is 0 Å². The van der Waals surface area contributed by atoms with Gasteiger partial charge in [0.1, 0.15) is 6.10 Å². The summed E-state index contributed by atoms with van der Waals surface area (Å²) < 4.78 is 30.7. The van der Waals surface area contributed by atoms with E-state index < -0.39 is 12.5 Å². The molecule has 80 valence electrons. The van der Waals surface area contributed by atoms with Gasteiger partial charge in [0.05, 0.1) is 18.4 Å². The van der Waals surface area contributed by atoms with Crippen molar-refractivity contribution < 1.29 is 18.6 Å². The number of rotatable bonds is 3. The van der Waals surface area contributed by atoms with Crippen molar-refractivity contribution in [1.82, 2.24) is 9.78 Å². The Morgan fingerprint density at radius 3 is 2.50 bits per heavy atom. The molecule has 1 unspecified atom stereocenters. The fourth-order valence-electron chi connectivity index (χ4n) is 1.36. The van der Waals surface area contributed by atoms with Gasteiger partial charge in [-0.3, -0.25) is 0 Å². The van der Waals surface area contributed by atoms with Crippen LogP contribution in [-0.2, 0) is 7.05 Å². The molecule has 0 aromatic carbocycles. The van der Waals surface area contributed by atoms with Crippen LogP contribution in [0.4, 0.5) is 8.78 Å². The van der Waals surface area contributed by atoms with Gasteiger partial charge in [-0.1, -0.05) is 0 Å². The Kier molecular flexibility index (Phi) is 3.05. The van der Waals surface area contributed by atoms with Crippen LogP contribution in [0.3, 0.4) is 0 Å². The zero-order chi connectivity index (χ0) is 10.9. The van der Waals surface area contributed by atoms with E-state index in [1.807, 2.05) is 0 Å². The third-order valence-corrected chi connectivity index (χ3v) is 1.94. The van der Waals surface area contributed by atoms with Crippen LogP contribution >= 0.6 is 0 Å². The minimum Gasteiger partial charge on any atom is -0.481 e. The van der Waals surface area contributed by atoms with Crippen LogP contribution in [-0.4, -0.2) is 28.4 Å². The molecular weight excluding hydrogens is 194 g/mol.